The lowest BCUT2D eigenvalue weighted by atomic mass is 9.77. The molecule has 0 radical (unpaired) electrons. The first-order valence-electron chi connectivity index (χ1n) is 5.66. The SMILES string of the molecule is COC1(CC(=O)NC2CC(O)C2)CCC1. The lowest BCUT2D eigenvalue weighted by Crippen LogP contribution is -2.50. The fraction of sp³-hybridized carbons (Fsp3) is 0.909. The Labute approximate surface area is 90.0 Å². The summed E-state index contributed by atoms with van der Waals surface area (Å²) in [7, 11) is 1.68. The molecule has 0 unspecified atom stereocenters. The predicted molar refractivity (Wildman–Crippen MR) is 55.4 cm³/mol. The smallest absolute Gasteiger partial charge is 0.223 e. The maximum atomic E-state index is 11.6. The van der Waals surface area contributed by atoms with E-state index in [2.05, 4.69) is 5.32 Å². The van der Waals surface area contributed by atoms with Gasteiger partial charge in [0.1, 0.15) is 0 Å². The van der Waals surface area contributed by atoms with Crippen LogP contribution in [0.15, 0.2) is 0 Å². The van der Waals surface area contributed by atoms with E-state index in [0.29, 0.717) is 19.3 Å². The van der Waals surface area contributed by atoms with Crippen molar-refractivity contribution in [2.45, 2.75) is 56.3 Å². The van der Waals surface area contributed by atoms with Gasteiger partial charge in [-0.15, -0.1) is 0 Å². The first-order valence-corrected chi connectivity index (χ1v) is 5.66. The van der Waals surface area contributed by atoms with E-state index >= 15 is 0 Å². The summed E-state index contributed by atoms with van der Waals surface area (Å²) in [5, 5.41) is 12.0. The van der Waals surface area contributed by atoms with Gasteiger partial charge < -0.3 is 15.2 Å². The molecule has 4 heteroatoms. The maximum Gasteiger partial charge on any atom is 0.223 e. The Kier molecular flexibility index (Phi) is 2.98. The molecule has 0 saturated heterocycles. The van der Waals surface area contributed by atoms with E-state index in [-0.39, 0.29) is 23.7 Å². The van der Waals surface area contributed by atoms with Gasteiger partial charge in [-0.1, -0.05) is 0 Å². The van der Waals surface area contributed by atoms with Crippen molar-refractivity contribution in [1.29, 1.82) is 0 Å². The van der Waals surface area contributed by atoms with Crippen molar-refractivity contribution in [3.63, 3.8) is 0 Å². The number of methoxy groups -OCH3 is 1. The third-order valence-corrected chi connectivity index (χ3v) is 3.66. The molecule has 2 saturated carbocycles. The van der Waals surface area contributed by atoms with E-state index in [0.717, 1.165) is 19.3 Å². The molecule has 0 atom stereocenters. The van der Waals surface area contributed by atoms with Gasteiger partial charge in [0, 0.05) is 13.2 Å². The summed E-state index contributed by atoms with van der Waals surface area (Å²) in [6, 6.07) is 0.182. The van der Waals surface area contributed by atoms with Crippen LogP contribution in [0, 0.1) is 0 Å². The summed E-state index contributed by atoms with van der Waals surface area (Å²) in [6.45, 7) is 0. The number of carbonyl (C=O) groups is 1. The Morgan fingerprint density at radius 1 is 1.53 bits per heavy atom. The second-order valence-corrected chi connectivity index (χ2v) is 4.81. The minimum absolute atomic E-state index is 0.0634. The molecule has 2 fully saturated rings. The standard InChI is InChI=1S/C11H19NO3/c1-15-11(3-2-4-11)7-10(14)12-8-5-9(13)6-8/h8-9,13H,2-7H2,1H3,(H,12,14). The number of amides is 1. The first kappa shape index (κ1) is 10.9. The Balaban J connectivity index is 1.72. The zero-order chi connectivity index (χ0) is 10.9. The Morgan fingerprint density at radius 3 is 2.60 bits per heavy atom. The second kappa shape index (κ2) is 4.10. The Bertz CT molecular complexity index is 239. The van der Waals surface area contributed by atoms with Crippen molar-refractivity contribution in [3.05, 3.63) is 0 Å². The monoisotopic (exact) mass is 213 g/mol. The van der Waals surface area contributed by atoms with Crippen LogP contribution in [0.5, 0.6) is 0 Å². The topological polar surface area (TPSA) is 58.6 Å². The number of aliphatic hydroxyl groups is 1. The molecule has 0 heterocycles. The fourth-order valence-corrected chi connectivity index (χ4v) is 2.30. The van der Waals surface area contributed by atoms with Crippen molar-refractivity contribution in [1.82, 2.24) is 5.32 Å². The summed E-state index contributed by atoms with van der Waals surface area (Å²) in [6.07, 6.45) is 4.79. The normalized spacial score (nSPS) is 32.7. The molecule has 2 rings (SSSR count). The van der Waals surface area contributed by atoms with Crippen molar-refractivity contribution < 1.29 is 14.6 Å². The number of aliphatic hydroxyl groups excluding tert-OH is 1. The third-order valence-electron chi connectivity index (χ3n) is 3.66. The van der Waals surface area contributed by atoms with Gasteiger partial charge in [0.05, 0.1) is 18.1 Å². The molecule has 2 aliphatic rings. The Hall–Kier alpha value is -0.610. The van der Waals surface area contributed by atoms with Gasteiger partial charge in [-0.3, -0.25) is 4.79 Å². The predicted octanol–water partition coefficient (Wildman–Crippen LogP) is 0.585. The fourth-order valence-electron chi connectivity index (χ4n) is 2.30. The van der Waals surface area contributed by atoms with E-state index in [9.17, 15) is 4.79 Å². The van der Waals surface area contributed by atoms with Gasteiger partial charge in [0.25, 0.3) is 0 Å². The molecule has 86 valence electrons. The quantitative estimate of drug-likeness (QED) is 0.718. The van der Waals surface area contributed by atoms with Crippen molar-refractivity contribution in [2.75, 3.05) is 7.11 Å². The van der Waals surface area contributed by atoms with Gasteiger partial charge in [-0.05, 0) is 32.1 Å². The highest BCUT2D eigenvalue weighted by Gasteiger charge is 2.40. The zero-order valence-electron chi connectivity index (χ0n) is 9.16. The molecule has 0 aromatic rings. The summed E-state index contributed by atoms with van der Waals surface area (Å²) < 4.78 is 5.39. The molecule has 0 spiro atoms. The molecule has 2 N–H and O–H groups in total. The number of hydrogen-bond donors (Lipinski definition) is 2. The molecule has 15 heavy (non-hydrogen) atoms. The molecule has 2 aliphatic carbocycles. The van der Waals surface area contributed by atoms with Gasteiger partial charge in [-0.25, -0.2) is 0 Å². The minimum Gasteiger partial charge on any atom is -0.393 e. The van der Waals surface area contributed by atoms with Gasteiger partial charge in [-0.2, -0.15) is 0 Å². The lowest BCUT2D eigenvalue weighted by molar-refractivity contribution is -0.136. The molecular formula is C11H19NO3. The molecule has 0 aromatic carbocycles. The largest absolute Gasteiger partial charge is 0.393 e. The van der Waals surface area contributed by atoms with Crippen molar-refractivity contribution >= 4 is 5.91 Å². The minimum atomic E-state index is -0.213. The van der Waals surface area contributed by atoms with Crippen LogP contribution in [-0.2, 0) is 9.53 Å². The van der Waals surface area contributed by atoms with Gasteiger partial charge in [0.2, 0.25) is 5.91 Å². The number of ether oxygens (including phenoxy) is 1. The molecule has 0 aromatic heterocycles. The number of rotatable bonds is 4. The summed E-state index contributed by atoms with van der Waals surface area (Å²) in [5.41, 5.74) is -0.188. The zero-order valence-corrected chi connectivity index (χ0v) is 9.16. The average molecular weight is 213 g/mol. The summed E-state index contributed by atoms with van der Waals surface area (Å²) in [4.78, 5) is 11.6. The number of carbonyl (C=O) groups excluding carboxylic acids is 1. The van der Waals surface area contributed by atoms with Crippen LogP contribution in [-0.4, -0.2) is 35.9 Å². The van der Waals surface area contributed by atoms with Gasteiger partial charge in [0.15, 0.2) is 0 Å². The molecule has 1 amide bonds. The Morgan fingerprint density at radius 2 is 2.20 bits per heavy atom. The summed E-state index contributed by atoms with van der Waals surface area (Å²) in [5.74, 6) is 0.0634. The molecular weight excluding hydrogens is 194 g/mol. The maximum absolute atomic E-state index is 11.6. The number of nitrogens with one attached hydrogen (secondary N) is 1. The highest BCUT2D eigenvalue weighted by Crippen LogP contribution is 2.38. The summed E-state index contributed by atoms with van der Waals surface area (Å²) >= 11 is 0. The van der Waals surface area contributed by atoms with E-state index < -0.39 is 0 Å². The number of hydrogen-bond acceptors (Lipinski definition) is 3. The highest BCUT2D eigenvalue weighted by molar-refractivity contribution is 5.77. The van der Waals surface area contributed by atoms with E-state index in [1.54, 1.807) is 7.11 Å². The van der Waals surface area contributed by atoms with Crippen LogP contribution < -0.4 is 5.32 Å². The molecule has 0 aliphatic heterocycles. The molecule has 4 nitrogen and oxygen atoms in total. The van der Waals surface area contributed by atoms with Crippen LogP contribution >= 0.6 is 0 Å². The van der Waals surface area contributed by atoms with Crippen molar-refractivity contribution in [2.24, 2.45) is 0 Å². The second-order valence-electron chi connectivity index (χ2n) is 4.81. The first-order chi connectivity index (χ1) is 7.13. The van der Waals surface area contributed by atoms with Crippen LogP contribution in [0.1, 0.15) is 38.5 Å². The lowest BCUT2D eigenvalue weighted by Gasteiger charge is -2.41. The van der Waals surface area contributed by atoms with E-state index in [1.165, 1.54) is 0 Å². The molecule has 0 bridgehead atoms. The van der Waals surface area contributed by atoms with Crippen LogP contribution in [0.25, 0.3) is 0 Å². The van der Waals surface area contributed by atoms with Crippen LogP contribution in [0.4, 0.5) is 0 Å². The van der Waals surface area contributed by atoms with E-state index in [1.807, 2.05) is 0 Å². The third kappa shape index (κ3) is 2.32. The van der Waals surface area contributed by atoms with Gasteiger partial charge >= 0.3 is 0 Å². The average Bonchev–Trinajstić information content (AvgIpc) is 2.09. The van der Waals surface area contributed by atoms with Crippen molar-refractivity contribution in [3.8, 4) is 0 Å². The van der Waals surface area contributed by atoms with Crippen LogP contribution in [0.3, 0.4) is 0 Å². The highest BCUT2D eigenvalue weighted by atomic mass is 16.5. The van der Waals surface area contributed by atoms with Crippen LogP contribution in [0.2, 0.25) is 0 Å². The van der Waals surface area contributed by atoms with E-state index in [4.69, 9.17) is 9.84 Å².